The lowest BCUT2D eigenvalue weighted by molar-refractivity contribution is -0.320. The van der Waals surface area contributed by atoms with Crippen LogP contribution >= 0.6 is 0 Å². The summed E-state index contributed by atoms with van der Waals surface area (Å²) in [4.78, 5) is 0. The first kappa shape index (κ1) is 9.96. The number of fused-ring (bicyclic) bond motifs is 1. The molecule has 2 aliphatic heterocycles. The summed E-state index contributed by atoms with van der Waals surface area (Å²) >= 11 is 0. The van der Waals surface area contributed by atoms with Crippen molar-refractivity contribution in [2.45, 2.75) is 37.9 Å². The van der Waals surface area contributed by atoms with Crippen LogP contribution in [0.15, 0.2) is 12.3 Å². The van der Waals surface area contributed by atoms with E-state index in [9.17, 15) is 0 Å². The Morgan fingerprint density at radius 3 is 2.93 bits per heavy atom. The monoisotopic (exact) mass is 200 g/mol. The molecule has 2 heterocycles. The van der Waals surface area contributed by atoms with Crippen LogP contribution in [0.25, 0.3) is 0 Å². The summed E-state index contributed by atoms with van der Waals surface area (Å²) in [5.41, 5.74) is 0. The van der Waals surface area contributed by atoms with E-state index in [0.29, 0.717) is 6.61 Å². The van der Waals surface area contributed by atoms with Gasteiger partial charge >= 0.3 is 0 Å². The molecule has 1 fully saturated rings. The SMILES string of the molecule is CO[C@@H]1C=CO[C@@H]2COC(C)(C)O[C@@H]12. The molecule has 0 aromatic rings. The first-order chi connectivity index (χ1) is 6.62. The van der Waals surface area contributed by atoms with Gasteiger partial charge in [-0.1, -0.05) is 0 Å². The van der Waals surface area contributed by atoms with Crippen LogP contribution < -0.4 is 0 Å². The maximum atomic E-state index is 5.76. The highest BCUT2D eigenvalue weighted by Gasteiger charge is 2.42. The van der Waals surface area contributed by atoms with E-state index in [1.54, 1.807) is 13.4 Å². The standard InChI is InChI=1S/C10H16O4/c1-10(2)13-6-8-9(14-10)7(11-3)4-5-12-8/h4-5,7-9H,6H2,1-3H3/t7-,8-,9+/m1/s1. The van der Waals surface area contributed by atoms with E-state index < -0.39 is 5.79 Å². The lowest BCUT2D eigenvalue weighted by Crippen LogP contribution is -2.55. The van der Waals surface area contributed by atoms with E-state index in [-0.39, 0.29) is 18.3 Å². The summed E-state index contributed by atoms with van der Waals surface area (Å²) in [6.45, 7) is 4.34. The molecule has 0 N–H and O–H groups in total. The molecule has 4 nitrogen and oxygen atoms in total. The quantitative estimate of drug-likeness (QED) is 0.634. The van der Waals surface area contributed by atoms with Crippen molar-refractivity contribution in [2.75, 3.05) is 13.7 Å². The summed E-state index contributed by atoms with van der Waals surface area (Å²) in [6, 6.07) is 0. The minimum Gasteiger partial charge on any atom is -0.493 e. The van der Waals surface area contributed by atoms with E-state index in [4.69, 9.17) is 18.9 Å². The van der Waals surface area contributed by atoms with Gasteiger partial charge in [-0.25, -0.2) is 0 Å². The van der Waals surface area contributed by atoms with E-state index in [1.165, 1.54) is 0 Å². The fourth-order valence-electron chi connectivity index (χ4n) is 1.76. The third-order valence-electron chi connectivity index (χ3n) is 2.50. The Balaban J connectivity index is 2.12. The predicted molar refractivity (Wildman–Crippen MR) is 49.7 cm³/mol. The predicted octanol–water partition coefficient (Wildman–Crippen LogP) is 1.07. The highest BCUT2D eigenvalue weighted by Crippen LogP contribution is 2.29. The van der Waals surface area contributed by atoms with Crippen molar-refractivity contribution in [1.29, 1.82) is 0 Å². The molecule has 0 radical (unpaired) electrons. The minimum atomic E-state index is -0.549. The maximum Gasteiger partial charge on any atom is 0.163 e. The van der Waals surface area contributed by atoms with Crippen molar-refractivity contribution in [1.82, 2.24) is 0 Å². The van der Waals surface area contributed by atoms with Crippen molar-refractivity contribution < 1.29 is 18.9 Å². The van der Waals surface area contributed by atoms with Crippen LogP contribution in [-0.4, -0.2) is 37.8 Å². The first-order valence-corrected chi connectivity index (χ1v) is 4.79. The van der Waals surface area contributed by atoms with Crippen LogP contribution in [0.4, 0.5) is 0 Å². The zero-order chi connectivity index (χ0) is 10.2. The van der Waals surface area contributed by atoms with Crippen LogP contribution in [0.5, 0.6) is 0 Å². The van der Waals surface area contributed by atoms with Gasteiger partial charge in [-0.05, 0) is 19.9 Å². The van der Waals surface area contributed by atoms with Gasteiger partial charge in [-0.15, -0.1) is 0 Å². The Labute approximate surface area is 83.8 Å². The maximum absolute atomic E-state index is 5.76. The number of hydrogen-bond acceptors (Lipinski definition) is 4. The van der Waals surface area contributed by atoms with E-state index in [2.05, 4.69) is 0 Å². The Morgan fingerprint density at radius 2 is 2.21 bits per heavy atom. The Bertz CT molecular complexity index is 236. The molecule has 0 bridgehead atoms. The molecule has 0 saturated carbocycles. The van der Waals surface area contributed by atoms with E-state index in [1.807, 2.05) is 19.9 Å². The molecule has 2 aliphatic rings. The Hall–Kier alpha value is -0.580. The first-order valence-electron chi connectivity index (χ1n) is 4.79. The normalized spacial score (nSPS) is 40.1. The zero-order valence-electron chi connectivity index (χ0n) is 8.73. The molecule has 0 aromatic carbocycles. The van der Waals surface area contributed by atoms with Crippen LogP contribution in [0.2, 0.25) is 0 Å². The second-order valence-electron chi connectivity index (χ2n) is 4.00. The topological polar surface area (TPSA) is 36.9 Å². The van der Waals surface area contributed by atoms with Crippen molar-refractivity contribution in [3.63, 3.8) is 0 Å². The summed E-state index contributed by atoms with van der Waals surface area (Å²) in [5, 5.41) is 0. The molecule has 0 spiro atoms. The molecule has 0 unspecified atom stereocenters. The van der Waals surface area contributed by atoms with Crippen LogP contribution in [0.1, 0.15) is 13.8 Å². The second kappa shape index (κ2) is 3.53. The van der Waals surface area contributed by atoms with Gasteiger partial charge in [0.15, 0.2) is 11.9 Å². The summed E-state index contributed by atoms with van der Waals surface area (Å²) in [5.74, 6) is -0.549. The molecule has 80 valence electrons. The van der Waals surface area contributed by atoms with Gasteiger partial charge in [0.05, 0.1) is 12.9 Å². The van der Waals surface area contributed by atoms with Crippen molar-refractivity contribution in [3.8, 4) is 0 Å². The average Bonchev–Trinajstić information content (AvgIpc) is 2.15. The van der Waals surface area contributed by atoms with Crippen molar-refractivity contribution >= 4 is 0 Å². The summed E-state index contributed by atoms with van der Waals surface area (Å²) < 4.78 is 22.0. The van der Waals surface area contributed by atoms with Gasteiger partial charge in [0, 0.05) is 7.11 Å². The number of rotatable bonds is 1. The Kier molecular flexibility index (Phi) is 2.51. The molecule has 0 aromatic heterocycles. The van der Waals surface area contributed by atoms with Crippen LogP contribution in [0.3, 0.4) is 0 Å². The highest BCUT2D eigenvalue weighted by molar-refractivity contribution is 5.00. The van der Waals surface area contributed by atoms with Gasteiger partial charge in [0.25, 0.3) is 0 Å². The number of hydrogen-bond donors (Lipinski definition) is 0. The molecule has 0 amide bonds. The zero-order valence-corrected chi connectivity index (χ0v) is 8.73. The average molecular weight is 200 g/mol. The molecule has 3 atom stereocenters. The van der Waals surface area contributed by atoms with Gasteiger partial charge in [-0.2, -0.15) is 0 Å². The lowest BCUT2D eigenvalue weighted by atomic mass is 10.0. The molecular weight excluding hydrogens is 184 g/mol. The lowest BCUT2D eigenvalue weighted by Gasteiger charge is -2.43. The van der Waals surface area contributed by atoms with Crippen LogP contribution in [-0.2, 0) is 18.9 Å². The summed E-state index contributed by atoms with van der Waals surface area (Å²) in [7, 11) is 1.67. The molecule has 14 heavy (non-hydrogen) atoms. The third-order valence-corrected chi connectivity index (χ3v) is 2.50. The number of methoxy groups -OCH3 is 1. The van der Waals surface area contributed by atoms with E-state index >= 15 is 0 Å². The second-order valence-corrected chi connectivity index (χ2v) is 4.00. The van der Waals surface area contributed by atoms with Crippen LogP contribution in [0, 0.1) is 0 Å². The van der Waals surface area contributed by atoms with Gasteiger partial charge in [0.2, 0.25) is 0 Å². The molecule has 2 rings (SSSR count). The number of ether oxygens (including phenoxy) is 4. The molecule has 4 heteroatoms. The van der Waals surface area contributed by atoms with E-state index in [0.717, 1.165) is 0 Å². The van der Waals surface area contributed by atoms with Gasteiger partial charge < -0.3 is 18.9 Å². The van der Waals surface area contributed by atoms with Gasteiger partial charge in [0.1, 0.15) is 12.2 Å². The minimum absolute atomic E-state index is 0.0445. The highest BCUT2D eigenvalue weighted by atomic mass is 16.7. The largest absolute Gasteiger partial charge is 0.493 e. The smallest absolute Gasteiger partial charge is 0.163 e. The molecule has 0 aliphatic carbocycles. The molecule has 1 saturated heterocycles. The fraction of sp³-hybridized carbons (Fsp3) is 0.800. The molecular formula is C10H16O4. The summed E-state index contributed by atoms with van der Waals surface area (Å²) in [6.07, 6.45) is 3.34. The Morgan fingerprint density at radius 1 is 1.43 bits per heavy atom. The van der Waals surface area contributed by atoms with Crippen molar-refractivity contribution in [3.05, 3.63) is 12.3 Å². The third kappa shape index (κ3) is 1.78. The van der Waals surface area contributed by atoms with Crippen molar-refractivity contribution in [2.24, 2.45) is 0 Å². The fourth-order valence-corrected chi connectivity index (χ4v) is 1.76. The van der Waals surface area contributed by atoms with Gasteiger partial charge in [-0.3, -0.25) is 0 Å².